The van der Waals surface area contributed by atoms with Crippen molar-refractivity contribution in [2.75, 3.05) is 10.6 Å². The molecule has 8 nitrogen and oxygen atoms in total. The molecule has 0 spiro atoms. The fraction of sp³-hybridized carbons (Fsp3) is 0.421. The maximum absolute atomic E-state index is 13.1. The first-order valence-corrected chi connectivity index (χ1v) is 9.60. The van der Waals surface area contributed by atoms with Crippen molar-refractivity contribution in [2.45, 2.75) is 50.5 Å². The number of hydrogen-bond donors (Lipinski definition) is 3. The highest BCUT2D eigenvalue weighted by atomic mass is 19.1. The number of halogens is 1. The smallest absolute Gasteiger partial charge is 0.233 e. The van der Waals surface area contributed by atoms with E-state index in [4.69, 9.17) is 0 Å². The Hall–Kier alpha value is -3.10. The lowest BCUT2D eigenvalue weighted by Crippen LogP contribution is -2.13. The molecule has 3 heterocycles. The van der Waals surface area contributed by atoms with E-state index in [0.29, 0.717) is 35.2 Å². The van der Waals surface area contributed by atoms with Crippen molar-refractivity contribution in [1.29, 1.82) is 0 Å². The maximum Gasteiger partial charge on any atom is 0.233 e. The van der Waals surface area contributed by atoms with Crippen LogP contribution in [0.4, 0.5) is 22.1 Å². The van der Waals surface area contributed by atoms with Gasteiger partial charge >= 0.3 is 0 Å². The van der Waals surface area contributed by atoms with Gasteiger partial charge in [-0.2, -0.15) is 20.1 Å². The summed E-state index contributed by atoms with van der Waals surface area (Å²) in [6.07, 6.45) is 5.81. The molecule has 3 aromatic heterocycles. The van der Waals surface area contributed by atoms with Crippen LogP contribution in [0.15, 0.2) is 24.4 Å². The minimum atomic E-state index is -0.358. The van der Waals surface area contributed by atoms with Gasteiger partial charge in [0.25, 0.3) is 0 Å². The molecule has 144 valence electrons. The molecule has 1 atom stereocenters. The monoisotopic (exact) mass is 380 g/mol. The van der Waals surface area contributed by atoms with E-state index < -0.39 is 0 Å². The van der Waals surface area contributed by atoms with Crippen LogP contribution in [0.5, 0.6) is 0 Å². The number of anilines is 3. The zero-order valence-corrected chi connectivity index (χ0v) is 15.5. The molecule has 2 fully saturated rings. The molecule has 1 unspecified atom stereocenters. The van der Waals surface area contributed by atoms with Crippen LogP contribution in [0.3, 0.4) is 0 Å². The molecule has 0 amide bonds. The molecular weight excluding hydrogens is 359 g/mol. The third kappa shape index (κ3) is 3.78. The van der Waals surface area contributed by atoms with Crippen LogP contribution in [0, 0.1) is 5.82 Å². The van der Waals surface area contributed by atoms with Crippen molar-refractivity contribution in [1.82, 2.24) is 30.1 Å². The van der Waals surface area contributed by atoms with Gasteiger partial charge in [0.2, 0.25) is 11.9 Å². The van der Waals surface area contributed by atoms with Crippen LogP contribution in [0.25, 0.3) is 0 Å². The van der Waals surface area contributed by atoms with Gasteiger partial charge in [-0.05, 0) is 44.7 Å². The first kappa shape index (κ1) is 17.0. The minimum absolute atomic E-state index is 0.172. The molecule has 0 aliphatic heterocycles. The second-order valence-corrected chi connectivity index (χ2v) is 7.49. The molecule has 2 aliphatic rings. The van der Waals surface area contributed by atoms with Crippen LogP contribution in [-0.2, 0) is 0 Å². The van der Waals surface area contributed by atoms with Gasteiger partial charge in [0.15, 0.2) is 5.82 Å². The summed E-state index contributed by atoms with van der Waals surface area (Å²) >= 11 is 0. The molecule has 9 heteroatoms. The molecule has 0 radical (unpaired) electrons. The highest BCUT2D eigenvalue weighted by molar-refractivity contribution is 5.50. The lowest BCUT2D eigenvalue weighted by molar-refractivity contribution is 0.617. The van der Waals surface area contributed by atoms with Crippen LogP contribution >= 0.6 is 0 Å². The second kappa shape index (κ2) is 6.81. The van der Waals surface area contributed by atoms with E-state index in [1.807, 2.05) is 13.0 Å². The summed E-state index contributed by atoms with van der Waals surface area (Å²) < 4.78 is 13.1. The number of rotatable bonds is 7. The number of nitrogens with zero attached hydrogens (tertiary/aromatic N) is 5. The predicted molar refractivity (Wildman–Crippen MR) is 102 cm³/mol. The Morgan fingerprint density at radius 3 is 2.57 bits per heavy atom. The highest BCUT2D eigenvalue weighted by Crippen LogP contribution is 2.40. The minimum Gasteiger partial charge on any atom is -0.346 e. The summed E-state index contributed by atoms with van der Waals surface area (Å²) in [4.78, 5) is 17.7. The lowest BCUT2D eigenvalue weighted by Gasteiger charge is -2.14. The summed E-state index contributed by atoms with van der Waals surface area (Å²) in [7, 11) is 0. The Labute approximate surface area is 161 Å². The van der Waals surface area contributed by atoms with Crippen molar-refractivity contribution < 1.29 is 4.39 Å². The van der Waals surface area contributed by atoms with Crippen molar-refractivity contribution in [3.05, 3.63) is 47.4 Å². The molecule has 0 bridgehead atoms. The van der Waals surface area contributed by atoms with Gasteiger partial charge in [-0.15, -0.1) is 0 Å². The van der Waals surface area contributed by atoms with Gasteiger partial charge < -0.3 is 10.6 Å². The molecule has 2 aliphatic carbocycles. The lowest BCUT2D eigenvalue weighted by atomic mass is 10.2. The van der Waals surface area contributed by atoms with Crippen LogP contribution in [-0.4, -0.2) is 30.1 Å². The number of hydrogen-bond acceptors (Lipinski definition) is 7. The largest absolute Gasteiger partial charge is 0.346 e. The van der Waals surface area contributed by atoms with Gasteiger partial charge in [0.05, 0.1) is 17.9 Å². The van der Waals surface area contributed by atoms with Crippen molar-refractivity contribution in [3.8, 4) is 0 Å². The number of aromatic nitrogens is 6. The van der Waals surface area contributed by atoms with Gasteiger partial charge in [0.1, 0.15) is 11.6 Å². The van der Waals surface area contributed by atoms with Crippen LogP contribution < -0.4 is 10.6 Å². The summed E-state index contributed by atoms with van der Waals surface area (Å²) in [5, 5.41) is 13.8. The maximum atomic E-state index is 13.1. The third-order valence-corrected chi connectivity index (χ3v) is 4.99. The molecular formula is C19H21FN8. The van der Waals surface area contributed by atoms with Crippen molar-refractivity contribution in [2.24, 2.45) is 0 Å². The number of nitrogens with one attached hydrogen (secondary N) is 3. The van der Waals surface area contributed by atoms with E-state index in [1.54, 1.807) is 6.07 Å². The Balaban J connectivity index is 1.36. The Bertz CT molecular complexity index is 978. The van der Waals surface area contributed by atoms with Gasteiger partial charge in [-0.1, -0.05) is 0 Å². The molecule has 2 saturated carbocycles. The normalized spacial score (nSPS) is 17.4. The first-order chi connectivity index (χ1) is 13.6. The van der Waals surface area contributed by atoms with Crippen molar-refractivity contribution in [3.63, 3.8) is 0 Å². The molecule has 3 N–H and O–H groups in total. The highest BCUT2D eigenvalue weighted by Gasteiger charge is 2.29. The van der Waals surface area contributed by atoms with E-state index in [9.17, 15) is 4.39 Å². The zero-order chi connectivity index (χ0) is 19.1. The fourth-order valence-electron chi connectivity index (χ4n) is 3.07. The molecule has 0 aromatic carbocycles. The standard InChI is InChI=1S/C19H21FN8/c1-10(14-7-6-13(20)9-21-14)22-18-24-17(12-4-5-12)25-19(26-18)23-16-8-15(27-28-16)11-2-3-11/h6-12H,2-5H2,1H3,(H3,22,23,24,25,26,27,28). The summed E-state index contributed by atoms with van der Waals surface area (Å²) in [6, 6.07) is 4.88. The quantitative estimate of drug-likeness (QED) is 0.573. The number of aromatic amines is 1. The summed E-state index contributed by atoms with van der Waals surface area (Å²) in [5.74, 6) is 3.03. The topological polar surface area (TPSA) is 104 Å². The molecule has 0 saturated heterocycles. The predicted octanol–water partition coefficient (Wildman–Crippen LogP) is 3.80. The van der Waals surface area contributed by atoms with Crippen molar-refractivity contribution >= 4 is 17.7 Å². The second-order valence-electron chi connectivity index (χ2n) is 7.49. The van der Waals surface area contributed by atoms with E-state index in [1.165, 1.54) is 25.1 Å². The Morgan fingerprint density at radius 1 is 1.07 bits per heavy atom. The Kier molecular flexibility index (Phi) is 4.14. The first-order valence-electron chi connectivity index (χ1n) is 9.60. The fourth-order valence-corrected chi connectivity index (χ4v) is 3.07. The number of pyridine rings is 1. The van der Waals surface area contributed by atoms with E-state index in [-0.39, 0.29) is 11.9 Å². The summed E-state index contributed by atoms with van der Waals surface area (Å²) in [6.45, 7) is 1.93. The van der Waals surface area contributed by atoms with Crippen LogP contribution in [0.1, 0.15) is 67.7 Å². The van der Waals surface area contributed by atoms with E-state index in [0.717, 1.165) is 24.4 Å². The van der Waals surface area contributed by atoms with E-state index in [2.05, 4.69) is 40.8 Å². The molecule has 5 rings (SSSR count). The zero-order valence-electron chi connectivity index (χ0n) is 15.5. The SMILES string of the molecule is CC(Nc1nc(Nc2cc(C3CC3)[nH]n2)nc(C2CC2)n1)c1ccc(F)cn1. The van der Waals surface area contributed by atoms with Gasteiger partial charge in [-0.3, -0.25) is 10.1 Å². The average Bonchev–Trinajstić information content (AvgIpc) is 3.60. The number of H-pyrrole nitrogens is 1. The van der Waals surface area contributed by atoms with Gasteiger partial charge in [-0.25, -0.2) is 4.39 Å². The summed E-state index contributed by atoms with van der Waals surface area (Å²) in [5.41, 5.74) is 1.86. The van der Waals surface area contributed by atoms with Crippen LogP contribution in [0.2, 0.25) is 0 Å². The molecule has 28 heavy (non-hydrogen) atoms. The Morgan fingerprint density at radius 2 is 1.86 bits per heavy atom. The average molecular weight is 380 g/mol. The third-order valence-electron chi connectivity index (χ3n) is 4.99. The van der Waals surface area contributed by atoms with Gasteiger partial charge in [0, 0.05) is 23.6 Å². The molecule has 3 aromatic rings. The van der Waals surface area contributed by atoms with E-state index >= 15 is 0 Å².